The summed E-state index contributed by atoms with van der Waals surface area (Å²) in [5.41, 5.74) is 2.63. The molecule has 2 N–H and O–H groups in total. The van der Waals surface area contributed by atoms with Crippen LogP contribution in [-0.4, -0.2) is 24.3 Å². The fourth-order valence-electron chi connectivity index (χ4n) is 1.91. The molecule has 1 aromatic heterocycles. The van der Waals surface area contributed by atoms with Crippen molar-refractivity contribution in [2.45, 2.75) is 13.2 Å². The van der Waals surface area contributed by atoms with Crippen molar-refractivity contribution in [1.82, 2.24) is 4.98 Å². The second kappa shape index (κ2) is 6.77. The summed E-state index contributed by atoms with van der Waals surface area (Å²) < 4.78 is 10.5. The van der Waals surface area contributed by atoms with Crippen LogP contribution in [0.1, 0.15) is 11.1 Å². The predicted molar refractivity (Wildman–Crippen MR) is 77.0 cm³/mol. The maximum atomic E-state index is 9.28. The number of benzene rings is 1. The van der Waals surface area contributed by atoms with E-state index in [-0.39, 0.29) is 6.61 Å². The van der Waals surface area contributed by atoms with Crippen LogP contribution in [-0.2, 0) is 13.2 Å². The number of nitrogens with one attached hydrogen (secondary N) is 1. The summed E-state index contributed by atoms with van der Waals surface area (Å²) in [6, 6.07) is 7.45. The zero-order chi connectivity index (χ0) is 14.4. The number of methoxy groups -OCH3 is 2. The quantitative estimate of drug-likeness (QED) is 0.845. The average molecular weight is 274 g/mol. The van der Waals surface area contributed by atoms with E-state index < -0.39 is 0 Å². The largest absolute Gasteiger partial charge is 0.497 e. The summed E-state index contributed by atoms with van der Waals surface area (Å²) >= 11 is 0. The summed E-state index contributed by atoms with van der Waals surface area (Å²) in [6.45, 7) is 0.552. The summed E-state index contributed by atoms with van der Waals surface area (Å²) in [6.07, 6.45) is 3.35. The molecular weight excluding hydrogens is 256 g/mol. The third-order valence-corrected chi connectivity index (χ3v) is 3.05. The van der Waals surface area contributed by atoms with Gasteiger partial charge in [0.25, 0.3) is 0 Å². The molecule has 2 aromatic rings. The first-order chi connectivity index (χ1) is 9.78. The number of aliphatic hydroxyl groups is 1. The Bertz CT molecular complexity index is 573. The predicted octanol–water partition coefficient (Wildman–Crippen LogP) is 2.20. The fourth-order valence-corrected chi connectivity index (χ4v) is 1.91. The molecule has 0 amide bonds. The number of anilines is 1. The summed E-state index contributed by atoms with van der Waals surface area (Å²) in [5.74, 6) is 1.51. The van der Waals surface area contributed by atoms with Gasteiger partial charge in [-0.3, -0.25) is 4.98 Å². The second-order valence-electron chi connectivity index (χ2n) is 4.22. The first-order valence-electron chi connectivity index (χ1n) is 6.27. The third-order valence-electron chi connectivity index (χ3n) is 3.05. The minimum Gasteiger partial charge on any atom is -0.497 e. The molecule has 2 rings (SSSR count). The lowest BCUT2D eigenvalue weighted by molar-refractivity contribution is 0.282. The molecule has 106 valence electrons. The number of hydrogen-bond donors (Lipinski definition) is 2. The zero-order valence-corrected chi connectivity index (χ0v) is 11.6. The molecule has 0 spiro atoms. The van der Waals surface area contributed by atoms with Gasteiger partial charge in [0, 0.05) is 29.9 Å². The van der Waals surface area contributed by atoms with Crippen molar-refractivity contribution in [1.29, 1.82) is 0 Å². The van der Waals surface area contributed by atoms with Crippen molar-refractivity contribution in [3.63, 3.8) is 0 Å². The van der Waals surface area contributed by atoms with Crippen molar-refractivity contribution in [3.05, 3.63) is 47.8 Å². The van der Waals surface area contributed by atoms with Crippen LogP contribution in [0.4, 0.5) is 5.69 Å². The Labute approximate surface area is 118 Å². The second-order valence-corrected chi connectivity index (χ2v) is 4.22. The van der Waals surface area contributed by atoms with Crippen LogP contribution < -0.4 is 14.8 Å². The van der Waals surface area contributed by atoms with Crippen molar-refractivity contribution in [2.75, 3.05) is 19.5 Å². The number of pyridine rings is 1. The minimum atomic E-state index is -0.0232. The molecule has 0 unspecified atom stereocenters. The lowest BCUT2D eigenvalue weighted by Crippen LogP contribution is -2.04. The highest BCUT2D eigenvalue weighted by Gasteiger charge is 2.06. The third kappa shape index (κ3) is 3.19. The number of rotatable bonds is 6. The van der Waals surface area contributed by atoms with E-state index in [1.165, 1.54) is 0 Å². The first kappa shape index (κ1) is 14.1. The molecule has 0 aliphatic heterocycles. The number of aromatic nitrogens is 1. The first-order valence-corrected chi connectivity index (χ1v) is 6.27. The van der Waals surface area contributed by atoms with Crippen LogP contribution >= 0.6 is 0 Å². The molecule has 5 nitrogen and oxygen atoms in total. The Morgan fingerprint density at radius 3 is 2.70 bits per heavy atom. The van der Waals surface area contributed by atoms with Gasteiger partial charge in [-0.25, -0.2) is 0 Å². The van der Waals surface area contributed by atoms with Crippen molar-refractivity contribution in [3.8, 4) is 11.5 Å². The van der Waals surface area contributed by atoms with E-state index in [9.17, 15) is 5.11 Å². The van der Waals surface area contributed by atoms with Crippen molar-refractivity contribution < 1.29 is 14.6 Å². The van der Waals surface area contributed by atoms with Gasteiger partial charge in [-0.05, 0) is 18.2 Å². The van der Waals surface area contributed by atoms with Crippen LogP contribution in [0.5, 0.6) is 11.5 Å². The molecule has 0 fully saturated rings. The Kier molecular flexibility index (Phi) is 4.79. The van der Waals surface area contributed by atoms with E-state index in [0.717, 1.165) is 28.3 Å². The van der Waals surface area contributed by atoms with E-state index >= 15 is 0 Å². The van der Waals surface area contributed by atoms with Gasteiger partial charge in [-0.15, -0.1) is 0 Å². The van der Waals surface area contributed by atoms with E-state index in [0.29, 0.717) is 6.54 Å². The Morgan fingerprint density at radius 2 is 2.00 bits per heavy atom. The smallest absolute Gasteiger partial charge is 0.127 e. The van der Waals surface area contributed by atoms with Crippen molar-refractivity contribution >= 4 is 5.69 Å². The number of hydrogen-bond acceptors (Lipinski definition) is 5. The molecular formula is C15H18N2O3. The lowest BCUT2D eigenvalue weighted by atomic mass is 10.1. The van der Waals surface area contributed by atoms with E-state index in [1.807, 2.05) is 18.2 Å². The molecule has 0 radical (unpaired) electrons. The molecule has 0 bridgehead atoms. The van der Waals surface area contributed by atoms with Crippen LogP contribution in [0.2, 0.25) is 0 Å². The molecule has 20 heavy (non-hydrogen) atoms. The summed E-state index contributed by atoms with van der Waals surface area (Å²) in [4.78, 5) is 4.05. The molecule has 0 aliphatic rings. The van der Waals surface area contributed by atoms with Crippen LogP contribution in [0.25, 0.3) is 0 Å². The van der Waals surface area contributed by atoms with E-state index in [2.05, 4.69) is 10.3 Å². The highest BCUT2D eigenvalue weighted by atomic mass is 16.5. The topological polar surface area (TPSA) is 63.6 Å². The summed E-state index contributed by atoms with van der Waals surface area (Å²) in [7, 11) is 3.25. The maximum absolute atomic E-state index is 9.28. The van der Waals surface area contributed by atoms with Gasteiger partial charge in [0.1, 0.15) is 11.5 Å². The van der Waals surface area contributed by atoms with Gasteiger partial charge in [0.15, 0.2) is 0 Å². The van der Waals surface area contributed by atoms with Crippen molar-refractivity contribution in [2.24, 2.45) is 0 Å². The van der Waals surface area contributed by atoms with Gasteiger partial charge in [0.05, 0.1) is 32.7 Å². The van der Waals surface area contributed by atoms with E-state index in [1.54, 1.807) is 32.7 Å². The lowest BCUT2D eigenvalue weighted by Gasteiger charge is -2.13. The minimum absolute atomic E-state index is 0.0232. The number of nitrogens with zero attached hydrogens (tertiary/aromatic N) is 1. The Morgan fingerprint density at radius 1 is 1.15 bits per heavy atom. The molecule has 5 heteroatoms. The van der Waals surface area contributed by atoms with E-state index in [4.69, 9.17) is 9.47 Å². The maximum Gasteiger partial charge on any atom is 0.127 e. The van der Waals surface area contributed by atoms with Gasteiger partial charge in [0.2, 0.25) is 0 Å². The van der Waals surface area contributed by atoms with Gasteiger partial charge < -0.3 is 19.9 Å². The average Bonchev–Trinajstić information content (AvgIpc) is 2.52. The van der Waals surface area contributed by atoms with Gasteiger partial charge in [-0.2, -0.15) is 0 Å². The number of ether oxygens (including phenoxy) is 2. The highest BCUT2D eigenvalue weighted by molar-refractivity contribution is 5.50. The molecule has 1 heterocycles. The van der Waals surface area contributed by atoms with Gasteiger partial charge >= 0.3 is 0 Å². The molecule has 0 atom stereocenters. The molecule has 0 aliphatic carbocycles. The molecule has 1 aromatic carbocycles. The number of aliphatic hydroxyl groups excluding tert-OH is 1. The van der Waals surface area contributed by atoms with Crippen LogP contribution in [0, 0.1) is 0 Å². The SMILES string of the molecule is COc1ccc(CNc2cnccc2CO)c(OC)c1. The van der Waals surface area contributed by atoms with Crippen LogP contribution in [0.3, 0.4) is 0 Å². The fraction of sp³-hybridized carbons (Fsp3) is 0.267. The normalized spacial score (nSPS) is 10.2. The van der Waals surface area contributed by atoms with Crippen LogP contribution in [0.15, 0.2) is 36.7 Å². The van der Waals surface area contributed by atoms with Gasteiger partial charge in [-0.1, -0.05) is 0 Å². The Balaban J connectivity index is 2.14. The summed E-state index contributed by atoms with van der Waals surface area (Å²) in [5, 5.41) is 12.5. The molecule has 0 saturated carbocycles. The highest BCUT2D eigenvalue weighted by Crippen LogP contribution is 2.25. The molecule has 0 saturated heterocycles. The Hall–Kier alpha value is -2.27. The standard InChI is InChI=1S/C15H18N2O3/c1-19-13-4-3-11(15(7-13)20-2)8-17-14-9-16-6-5-12(14)10-18/h3-7,9,17-18H,8,10H2,1-2H3. The zero-order valence-electron chi connectivity index (χ0n) is 11.6. The monoisotopic (exact) mass is 274 g/mol.